The van der Waals surface area contributed by atoms with E-state index in [0.717, 1.165) is 5.56 Å². The highest BCUT2D eigenvalue weighted by molar-refractivity contribution is 9.09. The van der Waals surface area contributed by atoms with E-state index >= 15 is 0 Å². The molecular weight excluding hydrogens is 312 g/mol. The van der Waals surface area contributed by atoms with Crippen LogP contribution in [-0.4, -0.2) is 22.2 Å². The van der Waals surface area contributed by atoms with Crippen molar-refractivity contribution in [1.29, 1.82) is 0 Å². The van der Waals surface area contributed by atoms with Crippen molar-refractivity contribution in [3.05, 3.63) is 39.4 Å². The lowest BCUT2D eigenvalue weighted by Gasteiger charge is -2.11. The van der Waals surface area contributed by atoms with E-state index in [4.69, 9.17) is 0 Å². The first-order chi connectivity index (χ1) is 8.99. The molecule has 1 fully saturated rings. The van der Waals surface area contributed by atoms with Crippen LogP contribution in [0.1, 0.15) is 28.8 Å². The molecule has 1 atom stereocenters. The molecule has 0 bridgehead atoms. The van der Waals surface area contributed by atoms with Gasteiger partial charge in [-0.1, -0.05) is 22.0 Å². The molecule has 0 spiro atoms. The molecule has 1 aromatic carbocycles. The van der Waals surface area contributed by atoms with Crippen LogP contribution >= 0.6 is 15.9 Å². The highest BCUT2D eigenvalue weighted by Gasteiger charge is 2.29. The number of nitrogens with zero attached hydrogens (tertiary/aromatic N) is 1. The molecule has 5 nitrogen and oxygen atoms in total. The predicted octanol–water partition coefficient (Wildman–Crippen LogP) is 2.81. The van der Waals surface area contributed by atoms with Gasteiger partial charge in [-0.25, -0.2) is 0 Å². The molecule has 1 aromatic rings. The molecule has 0 radical (unpaired) electrons. The van der Waals surface area contributed by atoms with Crippen LogP contribution in [0.2, 0.25) is 0 Å². The number of carbonyl (C=O) groups excluding carboxylic acids is 1. The molecule has 1 unspecified atom stereocenters. The van der Waals surface area contributed by atoms with Gasteiger partial charge in [0.05, 0.1) is 4.92 Å². The Morgan fingerprint density at radius 2 is 2.26 bits per heavy atom. The molecule has 1 N–H and O–H groups in total. The SMILES string of the molecule is Cc1ccc([N+](=O)[O-])cc1C(=O)NCC(Br)C1CC1. The largest absolute Gasteiger partial charge is 0.351 e. The number of halogens is 1. The number of carbonyl (C=O) groups is 1. The maximum absolute atomic E-state index is 12.0. The molecule has 0 heterocycles. The van der Waals surface area contributed by atoms with E-state index in [-0.39, 0.29) is 16.4 Å². The molecule has 0 aliphatic heterocycles. The van der Waals surface area contributed by atoms with Crippen molar-refractivity contribution in [1.82, 2.24) is 5.32 Å². The van der Waals surface area contributed by atoms with E-state index < -0.39 is 4.92 Å². The molecule has 0 aromatic heterocycles. The van der Waals surface area contributed by atoms with E-state index in [1.54, 1.807) is 13.0 Å². The fourth-order valence-electron chi connectivity index (χ4n) is 1.88. The van der Waals surface area contributed by atoms with Crippen molar-refractivity contribution < 1.29 is 9.72 Å². The van der Waals surface area contributed by atoms with E-state index in [1.165, 1.54) is 25.0 Å². The molecule has 1 aliphatic rings. The lowest BCUT2D eigenvalue weighted by atomic mass is 10.1. The van der Waals surface area contributed by atoms with Gasteiger partial charge in [0, 0.05) is 29.1 Å². The first-order valence-electron chi connectivity index (χ1n) is 6.16. The monoisotopic (exact) mass is 326 g/mol. The zero-order valence-electron chi connectivity index (χ0n) is 10.6. The van der Waals surface area contributed by atoms with Gasteiger partial charge in [0.15, 0.2) is 0 Å². The quantitative estimate of drug-likeness (QED) is 0.513. The summed E-state index contributed by atoms with van der Waals surface area (Å²) in [6.07, 6.45) is 2.39. The maximum atomic E-state index is 12.0. The van der Waals surface area contributed by atoms with Crippen LogP contribution in [0.4, 0.5) is 5.69 Å². The second kappa shape index (κ2) is 5.69. The highest BCUT2D eigenvalue weighted by atomic mass is 79.9. The van der Waals surface area contributed by atoms with Crippen molar-refractivity contribution in [3.8, 4) is 0 Å². The van der Waals surface area contributed by atoms with Crippen molar-refractivity contribution in [2.75, 3.05) is 6.54 Å². The Hall–Kier alpha value is -1.43. The molecular formula is C13H15BrN2O3. The van der Waals surface area contributed by atoms with Crippen molar-refractivity contribution >= 4 is 27.5 Å². The van der Waals surface area contributed by atoms with Gasteiger partial charge in [-0.3, -0.25) is 14.9 Å². The third-order valence-electron chi connectivity index (χ3n) is 3.27. The maximum Gasteiger partial charge on any atom is 0.270 e. The number of hydrogen-bond acceptors (Lipinski definition) is 3. The Morgan fingerprint density at radius 3 is 2.84 bits per heavy atom. The first-order valence-corrected chi connectivity index (χ1v) is 7.08. The van der Waals surface area contributed by atoms with Crippen LogP contribution in [0.5, 0.6) is 0 Å². The van der Waals surface area contributed by atoms with Gasteiger partial charge in [-0.2, -0.15) is 0 Å². The molecule has 1 aliphatic carbocycles. The van der Waals surface area contributed by atoms with E-state index in [1.807, 2.05) is 0 Å². The summed E-state index contributed by atoms with van der Waals surface area (Å²) in [6.45, 7) is 2.32. The summed E-state index contributed by atoms with van der Waals surface area (Å²) >= 11 is 3.54. The summed E-state index contributed by atoms with van der Waals surface area (Å²) in [7, 11) is 0. The van der Waals surface area contributed by atoms with Gasteiger partial charge in [0.2, 0.25) is 0 Å². The normalized spacial score (nSPS) is 15.9. The fourth-order valence-corrected chi connectivity index (χ4v) is 2.57. The standard InChI is InChI=1S/C13H15BrN2O3/c1-8-2-5-10(16(18)19)6-11(8)13(17)15-7-12(14)9-3-4-9/h2,5-6,9,12H,3-4,7H2,1H3,(H,15,17). The third-order valence-corrected chi connectivity index (χ3v) is 4.34. The Labute approximate surface area is 119 Å². The average Bonchev–Trinajstić information content (AvgIpc) is 3.20. The molecule has 2 rings (SSSR count). The second-order valence-corrected chi connectivity index (χ2v) is 6.00. The minimum atomic E-state index is -0.492. The zero-order valence-corrected chi connectivity index (χ0v) is 12.1. The number of non-ortho nitro benzene ring substituents is 1. The van der Waals surface area contributed by atoms with E-state index in [9.17, 15) is 14.9 Å². The van der Waals surface area contributed by atoms with Crippen LogP contribution in [0.25, 0.3) is 0 Å². The summed E-state index contributed by atoms with van der Waals surface area (Å²) < 4.78 is 0. The summed E-state index contributed by atoms with van der Waals surface area (Å²) in [6, 6.07) is 4.33. The number of nitro benzene ring substituents is 1. The number of alkyl halides is 1. The first kappa shape index (κ1) is 14.0. The average molecular weight is 327 g/mol. The van der Waals surface area contributed by atoms with Gasteiger partial charge < -0.3 is 5.32 Å². The third kappa shape index (κ3) is 3.53. The van der Waals surface area contributed by atoms with Gasteiger partial charge >= 0.3 is 0 Å². The Balaban J connectivity index is 2.04. The molecule has 19 heavy (non-hydrogen) atoms. The Kier molecular flexibility index (Phi) is 4.19. The van der Waals surface area contributed by atoms with Gasteiger partial charge in [0.25, 0.3) is 11.6 Å². The molecule has 102 valence electrons. The van der Waals surface area contributed by atoms with Crippen LogP contribution < -0.4 is 5.32 Å². The Bertz CT molecular complexity index is 515. The minimum absolute atomic E-state index is 0.0617. The van der Waals surface area contributed by atoms with Crippen LogP contribution in [0.3, 0.4) is 0 Å². The lowest BCUT2D eigenvalue weighted by molar-refractivity contribution is -0.384. The highest BCUT2D eigenvalue weighted by Crippen LogP contribution is 2.36. The second-order valence-electron chi connectivity index (χ2n) is 4.82. The van der Waals surface area contributed by atoms with Gasteiger partial charge in [-0.05, 0) is 31.2 Å². The number of amides is 1. The van der Waals surface area contributed by atoms with Crippen LogP contribution in [-0.2, 0) is 0 Å². The van der Waals surface area contributed by atoms with Crippen molar-refractivity contribution in [3.63, 3.8) is 0 Å². The number of aryl methyl sites for hydroxylation is 1. The minimum Gasteiger partial charge on any atom is -0.351 e. The van der Waals surface area contributed by atoms with E-state index in [2.05, 4.69) is 21.2 Å². The predicted molar refractivity (Wildman–Crippen MR) is 75.6 cm³/mol. The number of nitro groups is 1. The number of hydrogen-bond donors (Lipinski definition) is 1. The summed E-state index contributed by atoms with van der Waals surface area (Å²) in [5.41, 5.74) is 1.04. The fraction of sp³-hybridized carbons (Fsp3) is 0.462. The summed E-state index contributed by atoms with van der Waals surface area (Å²) in [4.78, 5) is 22.5. The van der Waals surface area contributed by atoms with Gasteiger partial charge in [0.1, 0.15) is 0 Å². The van der Waals surface area contributed by atoms with Crippen LogP contribution in [0.15, 0.2) is 18.2 Å². The summed E-state index contributed by atoms with van der Waals surface area (Å²) in [5, 5.41) is 13.5. The number of benzene rings is 1. The summed E-state index contributed by atoms with van der Waals surface area (Å²) in [5.74, 6) is 0.387. The molecule has 1 saturated carbocycles. The van der Waals surface area contributed by atoms with Crippen molar-refractivity contribution in [2.24, 2.45) is 5.92 Å². The molecule has 1 amide bonds. The van der Waals surface area contributed by atoms with Gasteiger partial charge in [-0.15, -0.1) is 0 Å². The lowest BCUT2D eigenvalue weighted by Crippen LogP contribution is -2.30. The Morgan fingerprint density at radius 1 is 1.58 bits per heavy atom. The number of rotatable bonds is 5. The van der Waals surface area contributed by atoms with Crippen LogP contribution in [0, 0.1) is 23.0 Å². The zero-order chi connectivity index (χ0) is 14.0. The van der Waals surface area contributed by atoms with Crippen molar-refractivity contribution in [2.45, 2.75) is 24.6 Å². The molecule has 0 saturated heterocycles. The molecule has 6 heteroatoms. The topological polar surface area (TPSA) is 72.2 Å². The van der Waals surface area contributed by atoms with E-state index in [0.29, 0.717) is 18.0 Å². The smallest absolute Gasteiger partial charge is 0.270 e. The number of nitrogens with one attached hydrogen (secondary N) is 1.